The van der Waals surface area contributed by atoms with Crippen LogP contribution in [0.2, 0.25) is 0 Å². The molecule has 20 heteroatoms. The van der Waals surface area contributed by atoms with Crippen LogP contribution in [0.3, 0.4) is 0 Å². The number of ether oxygens (including phenoxy) is 2. The molecule has 42 heavy (non-hydrogen) atoms. The first-order chi connectivity index (χ1) is 18.7. The molecule has 1 aromatic carbocycles. The first-order valence-electron chi connectivity index (χ1n) is 11.3. The summed E-state index contributed by atoms with van der Waals surface area (Å²) in [7, 11) is 0. The van der Waals surface area contributed by atoms with Crippen molar-refractivity contribution in [3.8, 4) is 5.75 Å². The molecule has 0 amide bonds. The Labute approximate surface area is 224 Å². The molecule has 0 heterocycles. The molecule has 0 atom stereocenters. The minimum atomic E-state index is -8.67. The first kappa shape index (κ1) is 37.3. The highest BCUT2D eigenvalue weighted by molar-refractivity contribution is 5.89. The topological polar surface area (TPSA) is 35.5 Å². The van der Waals surface area contributed by atoms with Crippen LogP contribution >= 0.6 is 0 Å². The van der Waals surface area contributed by atoms with Crippen LogP contribution in [0, 0.1) is 0 Å². The summed E-state index contributed by atoms with van der Waals surface area (Å²) < 4.78 is 235. The fraction of sp³-hybridized carbons (Fsp3) is 0.682. The van der Waals surface area contributed by atoms with Crippen molar-refractivity contribution in [2.45, 2.75) is 80.2 Å². The van der Waals surface area contributed by atoms with E-state index in [1.165, 1.54) is 0 Å². The van der Waals surface area contributed by atoms with E-state index in [2.05, 4.69) is 4.74 Å². The molecule has 0 unspecified atom stereocenters. The van der Waals surface area contributed by atoms with E-state index in [1.807, 2.05) is 6.92 Å². The van der Waals surface area contributed by atoms with Gasteiger partial charge in [-0.25, -0.2) is 4.79 Å². The number of halogens is 17. The van der Waals surface area contributed by atoms with E-state index in [-0.39, 0.29) is 12.2 Å². The molecule has 0 aliphatic rings. The van der Waals surface area contributed by atoms with E-state index in [4.69, 9.17) is 4.74 Å². The van der Waals surface area contributed by atoms with Crippen LogP contribution in [0.1, 0.15) is 43.0 Å². The van der Waals surface area contributed by atoms with Gasteiger partial charge in [-0.3, -0.25) is 0 Å². The highest BCUT2D eigenvalue weighted by Crippen LogP contribution is 2.64. The van der Waals surface area contributed by atoms with Crippen LogP contribution in [0.4, 0.5) is 74.6 Å². The van der Waals surface area contributed by atoms with Crippen molar-refractivity contribution in [1.82, 2.24) is 0 Å². The lowest BCUT2D eigenvalue weighted by Crippen LogP contribution is -2.74. The second kappa shape index (κ2) is 12.1. The predicted octanol–water partition coefficient (Wildman–Crippen LogP) is 8.81. The Morgan fingerprint density at radius 3 is 1.45 bits per heavy atom. The lowest BCUT2D eigenvalue weighted by Gasteiger charge is -2.42. The van der Waals surface area contributed by atoms with Gasteiger partial charge in [-0.05, 0) is 30.7 Å². The highest BCUT2D eigenvalue weighted by atomic mass is 19.4. The smallest absolute Gasteiger partial charge is 0.460 e. The van der Waals surface area contributed by atoms with E-state index < -0.39 is 72.4 Å². The Balaban J connectivity index is 3.11. The first-order valence-corrected chi connectivity index (χ1v) is 11.3. The zero-order chi connectivity index (χ0) is 33.2. The number of benzene rings is 1. The maximum Gasteiger partial charge on any atom is 0.460 e. The Hall–Kier alpha value is -2.70. The molecule has 1 rings (SSSR count). The van der Waals surface area contributed by atoms with Gasteiger partial charge >= 0.3 is 53.6 Å². The third-order valence-electron chi connectivity index (χ3n) is 5.54. The second-order valence-electron chi connectivity index (χ2n) is 8.61. The maximum absolute atomic E-state index is 13.9. The van der Waals surface area contributed by atoms with E-state index in [0.717, 1.165) is 37.1 Å². The Kier molecular flexibility index (Phi) is 10.8. The third-order valence-corrected chi connectivity index (χ3v) is 5.54. The normalized spacial score (nSPS) is 14.6. The molecular formula is C22H19F17O3. The lowest BCUT2D eigenvalue weighted by molar-refractivity contribution is -0.461. The molecule has 244 valence electrons. The van der Waals surface area contributed by atoms with Crippen molar-refractivity contribution in [2.75, 3.05) is 13.2 Å². The molecule has 0 aliphatic heterocycles. The van der Waals surface area contributed by atoms with Crippen LogP contribution < -0.4 is 4.74 Å². The van der Waals surface area contributed by atoms with Crippen molar-refractivity contribution >= 4 is 5.97 Å². The molecular weight excluding hydrogens is 635 g/mol. The van der Waals surface area contributed by atoms with Gasteiger partial charge in [-0.15, -0.1) is 0 Å². The second-order valence-corrected chi connectivity index (χ2v) is 8.61. The van der Waals surface area contributed by atoms with Gasteiger partial charge in [0.2, 0.25) is 0 Å². The average Bonchev–Trinajstić information content (AvgIpc) is 2.85. The van der Waals surface area contributed by atoms with Gasteiger partial charge in [0.15, 0.2) is 0 Å². The summed E-state index contributed by atoms with van der Waals surface area (Å²) in [5.74, 6) is -58.1. The zero-order valence-electron chi connectivity index (χ0n) is 20.7. The molecule has 0 N–H and O–H groups in total. The van der Waals surface area contributed by atoms with Crippen molar-refractivity contribution < 1.29 is 88.9 Å². The quantitative estimate of drug-likeness (QED) is 0.108. The van der Waals surface area contributed by atoms with Gasteiger partial charge in [0, 0.05) is 0 Å². The van der Waals surface area contributed by atoms with Gasteiger partial charge in [-0.2, -0.15) is 74.6 Å². The molecule has 0 fully saturated rings. The molecule has 0 radical (unpaired) electrons. The number of rotatable bonds is 15. The summed E-state index contributed by atoms with van der Waals surface area (Å²) in [6, 6.07) is 3.59. The van der Waals surface area contributed by atoms with Crippen molar-refractivity contribution in [2.24, 2.45) is 0 Å². The molecule has 3 nitrogen and oxygen atoms in total. The molecule has 0 saturated carbocycles. The van der Waals surface area contributed by atoms with Crippen LogP contribution in [0.15, 0.2) is 24.3 Å². The molecule has 0 spiro atoms. The summed E-state index contributed by atoms with van der Waals surface area (Å²) in [4.78, 5) is 11.8. The zero-order valence-corrected chi connectivity index (χ0v) is 20.7. The van der Waals surface area contributed by atoms with Gasteiger partial charge < -0.3 is 9.47 Å². The van der Waals surface area contributed by atoms with E-state index in [1.54, 1.807) is 0 Å². The third kappa shape index (κ3) is 6.45. The van der Waals surface area contributed by atoms with Gasteiger partial charge in [-0.1, -0.05) is 19.8 Å². The number of carbonyl (C=O) groups is 1. The number of alkyl halides is 17. The number of unbranched alkanes of at least 4 members (excludes halogenated alkanes) is 2. The largest absolute Gasteiger partial charge is 0.493 e. The Morgan fingerprint density at radius 1 is 0.595 bits per heavy atom. The summed E-state index contributed by atoms with van der Waals surface area (Å²) in [5, 5.41) is 0. The van der Waals surface area contributed by atoms with Crippen LogP contribution in [-0.2, 0) is 4.74 Å². The molecule has 0 bridgehead atoms. The van der Waals surface area contributed by atoms with Crippen molar-refractivity contribution in [3.63, 3.8) is 0 Å². The van der Waals surface area contributed by atoms with Gasteiger partial charge in [0.1, 0.15) is 5.75 Å². The Morgan fingerprint density at radius 2 is 1.02 bits per heavy atom. The van der Waals surface area contributed by atoms with Crippen LogP contribution in [0.25, 0.3) is 0 Å². The summed E-state index contributed by atoms with van der Waals surface area (Å²) in [5.41, 5.74) is -0.133. The fourth-order valence-corrected chi connectivity index (χ4v) is 2.94. The average molecular weight is 654 g/mol. The summed E-state index contributed by atoms with van der Waals surface area (Å²) >= 11 is 0. The van der Waals surface area contributed by atoms with Crippen molar-refractivity contribution in [3.05, 3.63) is 29.8 Å². The summed E-state index contributed by atoms with van der Waals surface area (Å²) in [6.07, 6.45) is -8.47. The SMILES string of the molecule is CCCCCOC(=O)c1ccc(OCCC(F)(F)C(F)(F)C(F)(F)C(F)(F)C(F)(F)C(F)(F)C(F)(F)C(F)(F)F)cc1. The minimum absolute atomic E-state index is 0.0340. The van der Waals surface area contributed by atoms with E-state index in [0.29, 0.717) is 6.42 Å². The number of carbonyl (C=O) groups excluding carboxylic acids is 1. The highest BCUT2D eigenvalue weighted by Gasteiger charge is 2.95. The fourth-order valence-electron chi connectivity index (χ4n) is 2.94. The number of esters is 1. The lowest BCUT2D eigenvalue weighted by atomic mass is 9.88. The van der Waals surface area contributed by atoms with Crippen molar-refractivity contribution in [1.29, 1.82) is 0 Å². The van der Waals surface area contributed by atoms with Gasteiger partial charge in [0.05, 0.1) is 25.2 Å². The van der Waals surface area contributed by atoms with Crippen LogP contribution in [-0.4, -0.2) is 66.8 Å². The number of hydrogen-bond acceptors (Lipinski definition) is 3. The molecule has 1 aromatic rings. The van der Waals surface area contributed by atoms with Crippen LogP contribution in [0.5, 0.6) is 5.75 Å². The monoisotopic (exact) mass is 654 g/mol. The van der Waals surface area contributed by atoms with Gasteiger partial charge in [0.25, 0.3) is 0 Å². The standard InChI is InChI=1S/C22H19F17O3/c1-2-3-4-10-42-14(40)12-5-7-13(8-6-12)41-11-9-15(23,24)16(25,26)17(27,28)18(29,30)19(31,32)20(33,34)21(35,36)22(37,38)39/h5-8H,2-4,9-11H2,1H3. The summed E-state index contributed by atoms with van der Waals surface area (Å²) in [6.45, 7) is 0.112. The molecule has 0 aromatic heterocycles. The number of hydrogen-bond donors (Lipinski definition) is 0. The molecule has 0 aliphatic carbocycles. The predicted molar refractivity (Wildman–Crippen MR) is 107 cm³/mol. The molecule has 0 saturated heterocycles. The minimum Gasteiger partial charge on any atom is -0.493 e. The van der Waals surface area contributed by atoms with E-state index >= 15 is 0 Å². The van der Waals surface area contributed by atoms with E-state index in [9.17, 15) is 79.4 Å². The Bertz CT molecular complexity index is 1050. The maximum atomic E-state index is 13.9.